The molecule has 15 heavy (non-hydrogen) atoms. The SMILES string of the molecule is Nc1ncc(Cc2ccc(Br)cc2Cl)s1. The molecule has 78 valence electrons. The summed E-state index contributed by atoms with van der Waals surface area (Å²) in [6.45, 7) is 0. The minimum Gasteiger partial charge on any atom is -0.375 e. The van der Waals surface area contributed by atoms with Crippen molar-refractivity contribution in [2.75, 3.05) is 5.73 Å². The van der Waals surface area contributed by atoms with Gasteiger partial charge >= 0.3 is 0 Å². The highest BCUT2D eigenvalue weighted by atomic mass is 79.9. The summed E-state index contributed by atoms with van der Waals surface area (Å²) in [7, 11) is 0. The minimum atomic E-state index is 0.596. The summed E-state index contributed by atoms with van der Waals surface area (Å²) >= 11 is 11.0. The second kappa shape index (κ2) is 4.51. The lowest BCUT2D eigenvalue weighted by molar-refractivity contribution is 1.22. The second-order valence-corrected chi connectivity index (χ2v) is 5.55. The molecule has 2 rings (SSSR count). The molecule has 0 atom stereocenters. The molecule has 0 saturated heterocycles. The average Bonchev–Trinajstić information content (AvgIpc) is 2.56. The number of hydrogen-bond acceptors (Lipinski definition) is 3. The lowest BCUT2D eigenvalue weighted by atomic mass is 10.1. The van der Waals surface area contributed by atoms with Crippen LogP contribution in [0.3, 0.4) is 0 Å². The van der Waals surface area contributed by atoms with Gasteiger partial charge in [-0.1, -0.05) is 33.6 Å². The summed E-state index contributed by atoms with van der Waals surface area (Å²) in [4.78, 5) is 5.13. The molecule has 2 N–H and O–H groups in total. The van der Waals surface area contributed by atoms with Crippen molar-refractivity contribution in [2.24, 2.45) is 0 Å². The Hall–Kier alpha value is -0.580. The summed E-state index contributed by atoms with van der Waals surface area (Å²) in [6, 6.07) is 5.87. The first-order valence-corrected chi connectivity index (χ1v) is 6.28. The molecule has 2 nitrogen and oxygen atoms in total. The Labute approximate surface area is 105 Å². The number of nitrogen functional groups attached to an aromatic ring is 1. The fourth-order valence-corrected chi connectivity index (χ4v) is 2.70. The van der Waals surface area contributed by atoms with Crippen LogP contribution >= 0.6 is 38.9 Å². The molecule has 5 heteroatoms. The summed E-state index contributed by atoms with van der Waals surface area (Å²) < 4.78 is 0.986. The van der Waals surface area contributed by atoms with Crippen molar-refractivity contribution in [3.8, 4) is 0 Å². The molecule has 1 aromatic heterocycles. The van der Waals surface area contributed by atoms with Gasteiger partial charge in [0, 0.05) is 27.0 Å². The highest BCUT2D eigenvalue weighted by Gasteiger charge is 2.04. The van der Waals surface area contributed by atoms with E-state index in [0.29, 0.717) is 5.13 Å². The first-order chi connectivity index (χ1) is 7.15. The van der Waals surface area contributed by atoms with Gasteiger partial charge in [0.05, 0.1) is 0 Å². The Kier molecular flexibility index (Phi) is 3.29. The molecule has 0 bridgehead atoms. The number of nitrogens with zero attached hydrogens (tertiary/aromatic N) is 1. The third-order valence-corrected chi connectivity index (χ3v) is 3.62. The van der Waals surface area contributed by atoms with Gasteiger partial charge in [-0.15, -0.1) is 11.3 Å². The van der Waals surface area contributed by atoms with Crippen molar-refractivity contribution >= 4 is 44.0 Å². The molecule has 1 aromatic carbocycles. The number of aromatic nitrogens is 1. The molecular weight excluding hydrogens is 296 g/mol. The number of hydrogen-bond donors (Lipinski definition) is 1. The molecule has 0 radical (unpaired) electrons. The van der Waals surface area contributed by atoms with E-state index in [-0.39, 0.29) is 0 Å². The van der Waals surface area contributed by atoms with Crippen molar-refractivity contribution in [1.82, 2.24) is 4.98 Å². The maximum Gasteiger partial charge on any atom is 0.180 e. The van der Waals surface area contributed by atoms with E-state index in [1.807, 2.05) is 18.2 Å². The van der Waals surface area contributed by atoms with E-state index in [1.54, 1.807) is 6.20 Å². The number of thiazole rings is 1. The fourth-order valence-electron chi connectivity index (χ4n) is 1.26. The maximum atomic E-state index is 6.11. The Balaban J connectivity index is 2.24. The van der Waals surface area contributed by atoms with E-state index in [2.05, 4.69) is 20.9 Å². The van der Waals surface area contributed by atoms with Crippen molar-refractivity contribution in [1.29, 1.82) is 0 Å². The zero-order valence-corrected chi connectivity index (χ0v) is 10.9. The van der Waals surface area contributed by atoms with Gasteiger partial charge in [-0.3, -0.25) is 0 Å². The molecule has 0 aliphatic carbocycles. The van der Waals surface area contributed by atoms with Crippen LogP contribution in [0.4, 0.5) is 5.13 Å². The molecule has 0 spiro atoms. The molecule has 0 saturated carbocycles. The fraction of sp³-hybridized carbons (Fsp3) is 0.100. The van der Waals surface area contributed by atoms with Gasteiger partial charge in [-0.05, 0) is 17.7 Å². The largest absolute Gasteiger partial charge is 0.375 e. The maximum absolute atomic E-state index is 6.11. The number of anilines is 1. The topological polar surface area (TPSA) is 38.9 Å². The molecule has 0 aliphatic heterocycles. The van der Waals surface area contributed by atoms with E-state index >= 15 is 0 Å². The average molecular weight is 304 g/mol. The predicted octanol–water partition coefficient (Wildman–Crippen LogP) is 3.73. The number of rotatable bonds is 2. The predicted molar refractivity (Wildman–Crippen MR) is 68.5 cm³/mol. The molecular formula is C10H8BrClN2S. The summed E-state index contributed by atoms with van der Waals surface area (Å²) in [5, 5.41) is 1.36. The van der Waals surface area contributed by atoms with E-state index in [9.17, 15) is 0 Å². The molecule has 0 aliphatic rings. The standard InChI is InChI=1S/C10H8BrClN2S/c11-7-2-1-6(9(12)4-7)3-8-5-14-10(13)15-8/h1-2,4-5H,3H2,(H2,13,14). The van der Waals surface area contributed by atoms with Gasteiger partial charge in [0.15, 0.2) is 5.13 Å². The van der Waals surface area contributed by atoms with Gasteiger partial charge in [0.25, 0.3) is 0 Å². The van der Waals surface area contributed by atoms with Crippen LogP contribution in [-0.4, -0.2) is 4.98 Å². The third kappa shape index (κ3) is 2.71. The van der Waals surface area contributed by atoms with Crippen molar-refractivity contribution in [3.05, 3.63) is 44.3 Å². The lowest BCUT2D eigenvalue weighted by Crippen LogP contribution is -1.86. The molecule has 2 aromatic rings. The normalized spacial score (nSPS) is 10.5. The zero-order valence-electron chi connectivity index (χ0n) is 7.71. The van der Waals surface area contributed by atoms with Gasteiger partial charge < -0.3 is 5.73 Å². The summed E-state index contributed by atoms with van der Waals surface area (Å²) in [5.41, 5.74) is 6.65. The highest BCUT2D eigenvalue weighted by Crippen LogP contribution is 2.25. The lowest BCUT2D eigenvalue weighted by Gasteiger charge is -2.02. The number of benzene rings is 1. The third-order valence-electron chi connectivity index (χ3n) is 1.95. The van der Waals surface area contributed by atoms with Crippen LogP contribution in [0, 0.1) is 0 Å². The molecule has 1 heterocycles. The Morgan fingerprint density at radius 3 is 2.87 bits per heavy atom. The van der Waals surface area contributed by atoms with Crippen LogP contribution in [-0.2, 0) is 6.42 Å². The van der Waals surface area contributed by atoms with Gasteiger partial charge in [-0.25, -0.2) is 4.98 Å². The molecule has 0 unspecified atom stereocenters. The quantitative estimate of drug-likeness (QED) is 0.918. The van der Waals surface area contributed by atoms with Gasteiger partial charge in [0.1, 0.15) is 0 Å². The highest BCUT2D eigenvalue weighted by molar-refractivity contribution is 9.10. The van der Waals surface area contributed by atoms with Gasteiger partial charge in [0.2, 0.25) is 0 Å². The van der Waals surface area contributed by atoms with Crippen molar-refractivity contribution in [3.63, 3.8) is 0 Å². The summed E-state index contributed by atoms with van der Waals surface area (Å²) in [5.74, 6) is 0. The van der Waals surface area contributed by atoms with E-state index in [1.165, 1.54) is 11.3 Å². The Bertz CT molecular complexity index is 484. The van der Waals surface area contributed by atoms with E-state index in [0.717, 1.165) is 26.4 Å². The molecule has 0 fully saturated rings. The second-order valence-electron chi connectivity index (χ2n) is 3.08. The van der Waals surface area contributed by atoms with Crippen LogP contribution in [0.15, 0.2) is 28.9 Å². The van der Waals surface area contributed by atoms with Gasteiger partial charge in [-0.2, -0.15) is 0 Å². The molecule has 0 amide bonds. The first-order valence-electron chi connectivity index (χ1n) is 4.29. The summed E-state index contributed by atoms with van der Waals surface area (Å²) in [6.07, 6.45) is 2.57. The smallest absolute Gasteiger partial charge is 0.180 e. The van der Waals surface area contributed by atoms with Crippen molar-refractivity contribution in [2.45, 2.75) is 6.42 Å². The van der Waals surface area contributed by atoms with Crippen LogP contribution in [0.2, 0.25) is 5.02 Å². The van der Waals surface area contributed by atoms with Crippen LogP contribution in [0.25, 0.3) is 0 Å². The number of nitrogens with two attached hydrogens (primary N) is 1. The van der Waals surface area contributed by atoms with E-state index in [4.69, 9.17) is 17.3 Å². The number of halogens is 2. The zero-order chi connectivity index (χ0) is 10.8. The van der Waals surface area contributed by atoms with Crippen LogP contribution < -0.4 is 5.73 Å². The van der Waals surface area contributed by atoms with Crippen molar-refractivity contribution < 1.29 is 0 Å². The minimum absolute atomic E-state index is 0.596. The Morgan fingerprint density at radius 2 is 2.27 bits per heavy atom. The van der Waals surface area contributed by atoms with Crippen LogP contribution in [0.1, 0.15) is 10.4 Å². The van der Waals surface area contributed by atoms with E-state index < -0.39 is 0 Å². The first kappa shape index (κ1) is 10.9. The monoisotopic (exact) mass is 302 g/mol. The van der Waals surface area contributed by atoms with Crippen LogP contribution in [0.5, 0.6) is 0 Å². The Morgan fingerprint density at radius 1 is 1.47 bits per heavy atom.